The van der Waals surface area contributed by atoms with E-state index in [9.17, 15) is 4.79 Å². The van der Waals surface area contributed by atoms with Crippen LogP contribution in [0.15, 0.2) is 0 Å². The molecule has 0 aromatic rings. The fourth-order valence-corrected chi connectivity index (χ4v) is 2.80. The van der Waals surface area contributed by atoms with Gasteiger partial charge in [-0.15, -0.1) is 0 Å². The van der Waals surface area contributed by atoms with Gasteiger partial charge in [0.15, 0.2) is 0 Å². The normalized spacial score (nSPS) is 24.2. The zero-order chi connectivity index (χ0) is 13.4. The summed E-state index contributed by atoms with van der Waals surface area (Å²) in [6, 6.07) is 0.460. The summed E-state index contributed by atoms with van der Waals surface area (Å²) in [7, 11) is 0. The monoisotopic (exact) mass is 254 g/mol. The van der Waals surface area contributed by atoms with Gasteiger partial charge in [-0.25, -0.2) is 0 Å². The van der Waals surface area contributed by atoms with Crippen molar-refractivity contribution in [2.75, 3.05) is 13.1 Å². The van der Waals surface area contributed by atoms with Crippen molar-refractivity contribution in [1.29, 1.82) is 0 Å². The van der Waals surface area contributed by atoms with E-state index in [0.29, 0.717) is 12.5 Å². The van der Waals surface area contributed by atoms with Crippen LogP contribution < -0.4 is 10.6 Å². The molecule has 0 spiro atoms. The third kappa shape index (κ3) is 7.00. The molecule has 2 unspecified atom stereocenters. The van der Waals surface area contributed by atoms with Crippen molar-refractivity contribution >= 4 is 5.91 Å². The van der Waals surface area contributed by atoms with E-state index in [-0.39, 0.29) is 5.91 Å². The lowest BCUT2D eigenvalue weighted by Gasteiger charge is -2.26. The van der Waals surface area contributed by atoms with E-state index >= 15 is 0 Å². The van der Waals surface area contributed by atoms with Crippen LogP contribution >= 0.6 is 0 Å². The van der Waals surface area contributed by atoms with Gasteiger partial charge >= 0.3 is 0 Å². The van der Waals surface area contributed by atoms with Gasteiger partial charge in [0, 0.05) is 25.6 Å². The maximum Gasteiger partial charge on any atom is 0.221 e. The van der Waals surface area contributed by atoms with E-state index in [1.54, 1.807) is 0 Å². The molecule has 1 amide bonds. The van der Waals surface area contributed by atoms with Crippen LogP contribution in [0.3, 0.4) is 0 Å². The minimum atomic E-state index is 0.187. The van der Waals surface area contributed by atoms with Gasteiger partial charge in [-0.1, -0.05) is 40.0 Å². The third-order valence-corrected chi connectivity index (χ3v) is 3.82. The molecule has 1 aliphatic carbocycles. The molecule has 3 nitrogen and oxygen atoms in total. The molecule has 1 fully saturated rings. The minimum Gasteiger partial charge on any atom is -0.356 e. The number of carbonyl (C=O) groups is 1. The molecule has 1 rings (SSSR count). The summed E-state index contributed by atoms with van der Waals surface area (Å²) in [4.78, 5) is 11.6. The van der Waals surface area contributed by atoms with Crippen LogP contribution in [0.4, 0.5) is 0 Å². The lowest BCUT2D eigenvalue weighted by molar-refractivity contribution is -0.121. The predicted octanol–water partition coefficient (Wildman–Crippen LogP) is 2.71. The molecular weight excluding hydrogens is 224 g/mol. The first-order chi connectivity index (χ1) is 8.58. The van der Waals surface area contributed by atoms with Crippen LogP contribution in [-0.4, -0.2) is 25.0 Å². The highest BCUT2D eigenvalue weighted by molar-refractivity contribution is 5.75. The minimum absolute atomic E-state index is 0.187. The Morgan fingerprint density at radius 3 is 2.72 bits per heavy atom. The average molecular weight is 254 g/mol. The van der Waals surface area contributed by atoms with Crippen LogP contribution in [0, 0.1) is 11.8 Å². The maximum absolute atomic E-state index is 11.6. The molecule has 0 aromatic heterocycles. The molecule has 0 heterocycles. The van der Waals surface area contributed by atoms with Gasteiger partial charge in [0.1, 0.15) is 0 Å². The van der Waals surface area contributed by atoms with E-state index in [1.165, 1.54) is 25.7 Å². The first-order valence-electron chi connectivity index (χ1n) is 7.58. The van der Waals surface area contributed by atoms with Crippen molar-refractivity contribution in [2.24, 2.45) is 11.8 Å². The van der Waals surface area contributed by atoms with Gasteiger partial charge in [-0.05, 0) is 24.7 Å². The van der Waals surface area contributed by atoms with Crippen LogP contribution in [0.2, 0.25) is 0 Å². The van der Waals surface area contributed by atoms with Crippen LogP contribution in [-0.2, 0) is 4.79 Å². The van der Waals surface area contributed by atoms with Gasteiger partial charge in [0.05, 0.1) is 0 Å². The molecule has 3 heteroatoms. The Labute approximate surface area is 112 Å². The standard InChI is InChI=1S/C15H30N2O/c1-12(2)16-10-8-15(18)17-9-7-14-6-4-5-13(3)11-14/h12-14,16H,4-11H2,1-3H3,(H,17,18). The molecule has 18 heavy (non-hydrogen) atoms. The summed E-state index contributed by atoms with van der Waals surface area (Å²) < 4.78 is 0. The highest BCUT2D eigenvalue weighted by Gasteiger charge is 2.18. The average Bonchev–Trinajstić information content (AvgIpc) is 2.28. The summed E-state index contributed by atoms with van der Waals surface area (Å²) in [6.45, 7) is 8.19. The quantitative estimate of drug-likeness (QED) is 0.733. The molecule has 106 valence electrons. The zero-order valence-electron chi connectivity index (χ0n) is 12.3. The van der Waals surface area contributed by atoms with E-state index in [0.717, 1.165) is 31.3 Å². The number of rotatable bonds is 7. The molecule has 0 saturated heterocycles. The largest absolute Gasteiger partial charge is 0.356 e. The molecule has 1 saturated carbocycles. The number of hydrogen-bond donors (Lipinski definition) is 2. The van der Waals surface area contributed by atoms with Crippen molar-refractivity contribution in [1.82, 2.24) is 10.6 Å². The van der Waals surface area contributed by atoms with Crippen molar-refractivity contribution in [3.63, 3.8) is 0 Å². The number of amides is 1. The van der Waals surface area contributed by atoms with E-state index in [1.807, 2.05) is 0 Å². The Hall–Kier alpha value is -0.570. The summed E-state index contributed by atoms with van der Waals surface area (Å²) in [5.74, 6) is 1.91. The lowest BCUT2D eigenvalue weighted by Crippen LogP contribution is -2.31. The molecule has 2 atom stereocenters. The van der Waals surface area contributed by atoms with Gasteiger partial charge in [0.25, 0.3) is 0 Å². The second kappa shape index (κ2) is 8.52. The first kappa shape index (κ1) is 15.5. The van der Waals surface area contributed by atoms with E-state index in [2.05, 4.69) is 31.4 Å². The fraction of sp³-hybridized carbons (Fsp3) is 0.933. The molecule has 0 radical (unpaired) electrons. The highest BCUT2D eigenvalue weighted by atomic mass is 16.1. The Morgan fingerprint density at radius 2 is 2.06 bits per heavy atom. The Kier molecular flexibility index (Phi) is 7.33. The predicted molar refractivity (Wildman–Crippen MR) is 76.5 cm³/mol. The molecule has 2 N–H and O–H groups in total. The van der Waals surface area contributed by atoms with Crippen molar-refractivity contribution in [3.8, 4) is 0 Å². The summed E-state index contributed by atoms with van der Waals surface area (Å²) in [6.07, 6.45) is 7.23. The number of nitrogens with one attached hydrogen (secondary N) is 2. The maximum atomic E-state index is 11.6. The van der Waals surface area contributed by atoms with E-state index < -0.39 is 0 Å². The van der Waals surface area contributed by atoms with Gasteiger partial charge in [-0.2, -0.15) is 0 Å². The number of carbonyl (C=O) groups excluding carboxylic acids is 1. The fourth-order valence-electron chi connectivity index (χ4n) is 2.80. The van der Waals surface area contributed by atoms with Crippen LogP contribution in [0.1, 0.15) is 59.3 Å². The van der Waals surface area contributed by atoms with Gasteiger partial charge < -0.3 is 10.6 Å². The second-order valence-corrected chi connectivity index (χ2v) is 6.14. The smallest absolute Gasteiger partial charge is 0.221 e. The molecular formula is C15H30N2O. The Morgan fingerprint density at radius 1 is 1.28 bits per heavy atom. The lowest BCUT2D eigenvalue weighted by atomic mass is 9.81. The number of hydrogen-bond acceptors (Lipinski definition) is 2. The third-order valence-electron chi connectivity index (χ3n) is 3.82. The first-order valence-corrected chi connectivity index (χ1v) is 7.58. The van der Waals surface area contributed by atoms with Crippen molar-refractivity contribution in [2.45, 2.75) is 65.3 Å². The highest BCUT2D eigenvalue weighted by Crippen LogP contribution is 2.30. The molecule has 0 aromatic carbocycles. The molecule has 0 bridgehead atoms. The molecule has 1 aliphatic rings. The van der Waals surface area contributed by atoms with Crippen molar-refractivity contribution < 1.29 is 4.79 Å². The summed E-state index contributed by atoms with van der Waals surface area (Å²) >= 11 is 0. The van der Waals surface area contributed by atoms with E-state index in [4.69, 9.17) is 0 Å². The molecule has 0 aliphatic heterocycles. The second-order valence-electron chi connectivity index (χ2n) is 6.14. The zero-order valence-corrected chi connectivity index (χ0v) is 12.3. The Balaban J connectivity index is 2.01. The van der Waals surface area contributed by atoms with Gasteiger partial charge in [0.2, 0.25) is 5.91 Å². The summed E-state index contributed by atoms with van der Waals surface area (Å²) in [5, 5.41) is 6.30. The van der Waals surface area contributed by atoms with Crippen molar-refractivity contribution in [3.05, 3.63) is 0 Å². The van der Waals surface area contributed by atoms with Crippen LogP contribution in [0.25, 0.3) is 0 Å². The summed E-state index contributed by atoms with van der Waals surface area (Å²) in [5.41, 5.74) is 0. The topological polar surface area (TPSA) is 41.1 Å². The van der Waals surface area contributed by atoms with Crippen LogP contribution in [0.5, 0.6) is 0 Å². The van der Waals surface area contributed by atoms with Gasteiger partial charge in [-0.3, -0.25) is 4.79 Å². The SMILES string of the molecule is CC1CCCC(CCNC(=O)CCNC(C)C)C1. The Bertz CT molecular complexity index is 241.